The summed E-state index contributed by atoms with van der Waals surface area (Å²) in [6.07, 6.45) is 10.7. The third-order valence-corrected chi connectivity index (χ3v) is 3.56. The molecule has 0 radical (unpaired) electrons. The van der Waals surface area contributed by atoms with Crippen LogP contribution in [0.25, 0.3) is 0 Å². The van der Waals surface area contributed by atoms with Crippen molar-refractivity contribution in [1.82, 2.24) is 9.78 Å². The van der Waals surface area contributed by atoms with Crippen LogP contribution in [0.5, 0.6) is 0 Å². The van der Waals surface area contributed by atoms with Crippen molar-refractivity contribution in [2.75, 3.05) is 6.61 Å². The first kappa shape index (κ1) is 12.6. The SMILES string of the molecule is OCCCc1cnn(C2CCCCCC2O)c1. The summed E-state index contributed by atoms with van der Waals surface area (Å²) < 4.78 is 1.92. The second-order valence-electron chi connectivity index (χ2n) is 4.93. The fraction of sp³-hybridized carbons (Fsp3) is 0.769. The molecule has 0 amide bonds. The van der Waals surface area contributed by atoms with Crippen LogP contribution in [0.1, 0.15) is 50.1 Å². The van der Waals surface area contributed by atoms with E-state index in [1.54, 1.807) is 0 Å². The van der Waals surface area contributed by atoms with Crippen LogP contribution >= 0.6 is 0 Å². The molecule has 1 aromatic rings. The van der Waals surface area contributed by atoms with E-state index in [2.05, 4.69) is 5.10 Å². The number of aliphatic hydroxyl groups excluding tert-OH is 2. The second kappa shape index (κ2) is 6.17. The highest BCUT2D eigenvalue weighted by Crippen LogP contribution is 2.27. The molecule has 1 aliphatic rings. The zero-order valence-electron chi connectivity index (χ0n) is 10.3. The van der Waals surface area contributed by atoms with Crippen LogP contribution < -0.4 is 0 Å². The minimum absolute atomic E-state index is 0.139. The summed E-state index contributed by atoms with van der Waals surface area (Å²) in [7, 11) is 0. The van der Waals surface area contributed by atoms with Crippen molar-refractivity contribution in [3.63, 3.8) is 0 Å². The highest BCUT2D eigenvalue weighted by molar-refractivity contribution is 5.05. The van der Waals surface area contributed by atoms with Gasteiger partial charge in [0, 0.05) is 12.8 Å². The zero-order chi connectivity index (χ0) is 12.1. The first-order valence-electron chi connectivity index (χ1n) is 6.63. The van der Waals surface area contributed by atoms with Crippen molar-refractivity contribution in [2.45, 2.75) is 57.1 Å². The van der Waals surface area contributed by atoms with E-state index in [0.29, 0.717) is 0 Å². The molecule has 0 spiro atoms. The first-order chi connectivity index (χ1) is 8.31. The summed E-state index contributed by atoms with van der Waals surface area (Å²) in [6.45, 7) is 0.219. The standard InChI is InChI=1S/C13H22N2O2/c16-8-4-5-11-9-14-15(10-11)12-6-2-1-3-7-13(12)17/h9-10,12-13,16-17H,1-8H2. The van der Waals surface area contributed by atoms with Crippen molar-refractivity contribution >= 4 is 0 Å². The quantitative estimate of drug-likeness (QED) is 0.785. The number of nitrogens with zero attached hydrogens (tertiary/aromatic N) is 2. The van der Waals surface area contributed by atoms with Gasteiger partial charge < -0.3 is 10.2 Å². The number of aryl methyl sites for hydroxylation is 1. The van der Waals surface area contributed by atoms with Crippen molar-refractivity contribution in [3.8, 4) is 0 Å². The van der Waals surface area contributed by atoms with Gasteiger partial charge in [0.05, 0.1) is 18.3 Å². The Morgan fingerprint density at radius 1 is 1.29 bits per heavy atom. The number of hydrogen-bond donors (Lipinski definition) is 2. The van der Waals surface area contributed by atoms with Crippen LogP contribution in [0.3, 0.4) is 0 Å². The monoisotopic (exact) mass is 238 g/mol. The zero-order valence-corrected chi connectivity index (χ0v) is 10.3. The van der Waals surface area contributed by atoms with Gasteiger partial charge in [0.2, 0.25) is 0 Å². The summed E-state index contributed by atoms with van der Waals surface area (Å²) in [6, 6.07) is 0.139. The Labute approximate surface area is 102 Å². The Hall–Kier alpha value is -0.870. The minimum atomic E-state index is -0.261. The smallest absolute Gasteiger partial charge is 0.0778 e. The van der Waals surface area contributed by atoms with Gasteiger partial charge in [0.25, 0.3) is 0 Å². The fourth-order valence-electron chi connectivity index (χ4n) is 2.55. The Bertz CT molecular complexity index is 338. The van der Waals surface area contributed by atoms with Gasteiger partial charge in [0.15, 0.2) is 0 Å². The molecule has 0 bridgehead atoms. The molecule has 2 rings (SSSR count). The lowest BCUT2D eigenvalue weighted by molar-refractivity contribution is 0.0990. The molecule has 1 aliphatic carbocycles. The average Bonchev–Trinajstić information content (AvgIpc) is 2.69. The minimum Gasteiger partial charge on any atom is -0.396 e. The van der Waals surface area contributed by atoms with Gasteiger partial charge >= 0.3 is 0 Å². The maximum absolute atomic E-state index is 10.1. The largest absolute Gasteiger partial charge is 0.396 e. The lowest BCUT2D eigenvalue weighted by Crippen LogP contribution is -2.23. The van der Waals surface area contributed by atoms with Gasteiger partial charge in [-0.2, -0.15) is 5.10 Å². The molecule has 0 aromatic carbocycles. The molecule has 96 valence electrons. The normalized spacial score (nSPS) is 25.8. The fourth-order valence-corrected chi connectivity index (χ4v) is 2.55. The second-order valence-corrected chi connectivity index (χ2v) is 4.93. The van der Waals surface area contributed by atoms with E-state index in [0.717, 1.165) is 37.7 Å². The maximum atomic E-state index is 10.1. The number of hydrogen-bond acceptors (Lipinski definition) is 3. The topological polar surface area (TPSA) is 58.3 Å². The van der Waals surface area contributed by atoms with E-state index in [1.807, 2.05) is 17.1 Å². The molecule has 4 heteroatoms. The third kappa shape index (κ3) is 3.30. The number of aromatic nitrogens is 2. The Morgan fingerprint density at radius 3 is 2.94 bits per heavy atom. The van der Waals surface area contributed by atoms with Gasteiger partial charge in [-0.25, -0.2) is 0 Å². The summed E-state index contributed by atoms with van der Waals surface area (Å²) in [5.41, 5.74) is 1.15. The van der Waals surface area contributed by atoms with Crippen molar-refractivity contribution in [2.24, 2.45) is 0 Å². The molecule has 1 saturated carbocycles. The summed E-state index contributed by atoms with van der Waals surface area (Å²) in [4.78, 5) is 0. The van der Waals surface area contributed by atoms with E-state index in [4.69, 9.17) is 5.11 Å². The molecule has 2 atom stereocenters. The average molecular weight is 238 g/mol. The van der Waals surface area contributed by atoms with Crippen LogP contribution in [0.15, 0.2) is 12.4 Å². The highest BCUT2D eigenvalue weighted by atomic mass is 16.3. The number of rotatable bonds is 4. The molecule has 0 saturated heterocycles. The first-order valence-corrected chi connectivity index (χ1v) is 6.63. The summed E-state index contributed by atoms with van der Waals surface area (Å²) >= 11 is 0. The Balaban J connectivity index is 2.01. The lowest BCUT2D eigenvalue weighted by Gasteiger charge is -2.20. The molecule has 1 heterocycles. The summed E-state index contributed by atoms with van der Waals surface area (Å²) in [5.74, 6) is 0. The van der Waals surface area contributed by atoms with Crippen molar-refractivity contribution in [3.05, 3.63) is 18.0 Å². The van der Waals surface area contributed by atoms with Gasteiger partial charge in [-0.1, -0.05) is 19.3 Å². The van der Waals surface area contributed by atoms with E-state index in [1.165, 1.54) is 12.8 Å². The molecular weight excluding hydrogens is 216 g/mol. The van der Waals surface area contributed by atoms with Gasteiger partial charge in [-0.05, 0) is 31.2 Å². The predicted octanol–water partition coefficient (Wildman–Crippen LogP) is 1.67. The Morgan fingerprint density at radius 2 is 2.12 bits per heavy atom. The molecular formula is C13H22N2O2. The van der Waals surface area contributed by atoms with Crippen molar-refractivity contribution in [1.29, 1.82) is 0 Å². The maximum Gasteiger partial charge on any atom is 0.0778 e. The van der Waals surface area contributed by atoms with Gasteiger partial charge in [0.1, 0.15) is 0 Å². The molecule has 1 aromatic heterocycles. The van der Waals surface area contributed by atoms with Crippen LogP contribution in [0.2, 0.25) is 0 Å². The number of aliphatic hydroxyl groups is 2. The molecule has 2 N–H and O–H groups in total. The van der Waals surface area contributed by atoms with E-state index in [9.17, 15) is 5.11 Å². The van der Waals surface area contributed by atoms with E-state index >= 15 is 0 Å². The Kier molecular flexibility index (Phi) is 4.57. The van der Waals surface area contributed by atoms with Crippen LogP contribution in [0, 0.1) is 0 Å². The predicted molar refractivity (Wildman–Crippen MR) is 65.8 cm³/mol. The van der Waals surface area contributed by atoms with Crippen molar-refractivity contribution < 1.29 is 10.2 Å². The molecule has 17 heavy (non-hydrogen) atoms. The summed E-state index contributed by atoms with van der Waals surface area (Å²) in [5, 5.41) is 23.2. The molecule has 0 aliphatic heterocycles. The third-order valence-electron chi connectivity index (χ3n) is 3.56. The van der Waals surface area contributed by atoms with E-state index in [-0.39, 0.29) is 18.8 Å². The van der Waals surface area contributed by atoms with Gasteiger partial charge in [-0.15, -0.1) is 0 Å². The van der Waals surface area contributed by atoms with Crippen LogP contribution in [-0.2, 0) is 6.42 Å². The van der Waals surface area contributed by atoms with Gasteiger partial charge in [-0.3, -0.25) is 4.68 Å². The molecule has 2 unspecified atom stereocenters. The van der Waals surface area contributed by atoms with E-state index < -0.39 is 0 Å². The molecule has 4 nitrogen and oxygen atoms in total. The van der Waals surface area contributed by atoms with Crippen LogP contribution in [0.4, 0.5) is 0 Å². The molecule has 1 fully saturated rings. The van der Waals surface area contributed by atoms with Crippen LogP contribution in [-0.4, -0.2) is 32.7 Å². The lowest BCUT2D eigenvalue weighted by atomic mass is 10.1. The highest BCUT2D eigenvalue weighted by Gasteiger charge is 2.23.